The number of amides is 2. The van der Waals surface area contributed by atoms with Gasteiger partial charge in [0.1, 0.15) is 28.6 Å². The molecule has 52 heavy (non-hydrogen) atoms. The standard InChI is InChI=1S/C36H39N7O9/c1-49-30-22-28(31(50-2)21-27(30)38-37-24-11-13-25(14-12-24)43(47)48)39-40-29-20-23-8-6-17-41-18-7-9-26(35(23)41)36(29)51-19-5-3-4-10-34(46)52-42-32(44)15-16-33(42)45/h11-14,20-22H,3-10,15-19H2,1-2H3. The number of azo groups is 2. The number of anilines is 1. The van der Waals surface area contributed by atoms with Crippen molar-refractivity contribution in [1.82, 2.24) is 5.06 Å². The van der Waals surface area contributed by atoms with Crippen molar-refractivity contribution in [2.75, 3.05) is 38.8 Å². The summed E-state index contributed by atoms with van der Waals surface area (Å²) in [6, 6.07) is 11.0. The third-order valence-corrected chi connectivity index (χ3v) is 9.00. The Kier molecular flexibility index (Phi) is 11.3. The van der Waals surface area contributed by atoms with Crippen LogP contribution < -0.4 is 19.1 Å². The van der Waals surface area contributed by atoms with E-state index in [9.17, 15) is 24.5 Å². The van der Waals surface area contributed by atoms with Crippen LogP contribution in [0.4, 0.5) is 34.1 Å². The molecule has 3 aliphatic rings. The maximum Gasteiger partial charge on any atom is 0.333 e. The first kappa shape index (κ1) is 35.9. The monoisotopic (exact) mass is 713 g/mol. The third kappa shape index (κ3) is 8.16. The van der Waals surface area contributed by atoms with Gasteiger partial charge in [-0.1, -0.05) is 0 Å². The van der Waals surface area contributed by atoms with E-state index in [0.717, 1.165) is 44.3 Å². The van der Waals surface area contributed by atoms with Gasteiger partial charge in [-0.3, -0.25) is 19.7 Å². The van der Waals surface area contributed by atoms with Crippen LogP contribution in [0.5, 0.6) is 17.2 Å². The molecule has 0 saturated carbocycles. The number of ether oxygens (including phenoxy) is 3. The van der Waals surface area contributed by atoms with Gasteiger partial charge in [0.05, 0.1) is 31.4 Å². The zero-order chi connectivity index (χ0) is 36.6. The van der Waals surface area contributed by atoms with E-state index in [-0.39, 0.29) is 24.9 Å². The van der Waals surface area contributed by atoms with E-state index in [2.05, 4.69) is 25.4 Å². The molecular weight excluding hydrogens is 674 g/mol. The Morgan fingerprint density at radius 1 is 0.808 bits per heavy atom. The van der Waals surface area contributed by atoms with Crippen molar-refractivity contribution < 1.29 is 38.4 Å². The third-order valence-electron chi connectivity index (χ3n) is 9.00. The van der Waals surface area contributed by atoms with E-state index in [1.807, 2.05) is 6.07 Å². The van der Waals surface area contributed by atoms with Gasteiger partial charge in [-0.05, 0) is 68.7 Å². The molecule has 16 heteroatoms. The number of methoxy groups -OCH3 is 2. The molecule has 0 radical (unpaired) electrons. The highest BCUT2D eigenvalue weighted by atomic mass is 16.7. The number of nitrogens with zero attached hydrogens (tertiary/aromatic N) is 7. The second kappa shape index (κ2) is 16.4. The lowest BCUT2D eigenvalue weighted by Crippen LogP contribution is -2.34. The fraction of sp³-hybridized carbons (Fsp3) is 0.417. The summed E-state index contributed by atoms with van der Waals surface area (Å²) in [6.45, 7) is 2.38. The number of unbranched alkanes of at least 4 members (excludes halogenated alkanes) is 2. The largest absolute Gasteiger partial charge is 0.494 e. The SMILES string of the molecule is COc1cc(N=Nc2cc3c4c(c2OCCCCCC(=O)ON2C(=O)CCC2=O)CCCN4CCC3)c(OC)cc1N=Nc1ccc([N+](=O)[O-])cc1. The first-order chi connectivity index (χ1) is 25.2. The first-order valence-corrected chi connectivity index (χ1v) is 17.2. The average Bonchev–Trinajstić information content (AvgIpc) is 3.47. The molecule has 3 aromatic rings. The number of nitro groups is 1. The van der Waals surface area contributed by atoms with E-state index in [0.29, 0.717) is 70.9 Å². The average molecular weight is 714 g/mol. The number of imide groups is 1. The molecule has 0 bridgehead atoms. The molecule has 0 aliphatic carbocycles. The van der Waals surface area contributed by atoms with E-state index in [1.54, 1.807) is 12.1 Å². The number of hydrogen-bond acceptors (Lipinski definition) is 14. The number of hydrogen-bond donors (Lipinski definition) is 0. The summed E-state index contributed by atoms with van der Waals surface area (Å²) in [4.78, 5) is 53.5. The van der Waals surface area contributed by atoms with Gasteiger partial charge < -0.3 is 23.9 Å². The smallest absolute Gasteiger partial charge is 0.333 e. The van der Waals surface area contributed by atoms with Gasteiger partial charge in [0.2, 0.25) is 0 Å². The van der Waals surface area contributed by atoms with Gasteiger partial charge in [-0.15, -0.1) is 20.4 Å². The quantitative estimate of drug-likeness (QED) is 0.0497. The molecule has 3 heterocycles. The van der Waals surface area contributed by atoms with Crippen molar-refractivity contribution in [2.45, 2.75) is 64.2 Å². The van der Waals surface area contributed by atoms with Gasteiger partial charge in [0.25, 0.3) is 17.5 Å². The fourth-order valence-corrected chi connectivity index (χ4v) is 6.46. The lowest BCUT2D eigenvalue weighted by molar-refractivity contribution is -0.384. The Morgan fingerprint density at radius 2 is 1.44 bits per heavy atom. The van der Waals surface area contributed by atoms with Crippen molar-refractivity contribution in [2.24, 2.45) is 20.5 Å². The molecule has 272 valence electrons. The van der Waals surface area contributed by atoms with E-state index in [1.165, 1.54) is 49.7 Å². The van der Waals surface area contributed by atoms with Crippen LogP contribution in [-0.2, 0) is 32.1 Å². The molecule has 3 aromatic carbocycles. The number of non-ortho nitro benzene ring substituents is 1. The Hall–Kier alpha value is -5.93. The van der Waals surface area contributed by atoms with Gasteiger partial charge in [0, 0.05) is 67.9 Å². The minimum absolute atomic E-state index is 0.0465. The highest BCUT2D eigenvalue weighted by Gasteiger charge is 2.33. The lowest BCUT2D eigenvalue weighted by Gasteiger charge is -2.37. The number of carbonyl (C=O) groups excluding carboxylic acids is 3. The number of nitro benzene ring substituents is 1. The topological polar surface area (TPSA) is 187 Å². The van der Waals surface area contributed by atoms with Crippen LogP contribution in [0.25, 0.3) is 0 Å². The molecule has 2 amide bonds. The van der Waals surface area contributed by atoms with E-state index >= 15 is 0 Å². The number of rotatable bonds is 15. The number of carbonyl (C=O) groups is 3. The summed E-state index contributed by atoms with van der Waals surface area (Å²) >= 11 is 0. The number of aryl methyl sites for hydroxylation is 1. The predicted octanol–water partition coefficient (Wildman–Crippen LogP) is 7.69. The second-order valence-corrected chi connectivity index (χ2v) is 12.5. The molecule has 6 rings (SSSR count). The Labute approximate surface area is 299 Å². The van der Waals surface area contributed by atoms with Crippen LogP contribution in [0.3, 0.4) is 0 Å². The molecular formula is C36H39N7O9. The van der Waals surface area contributed by atoms with Gasteiger partial charge in [-0.2, -0.15) is 5.11 Å². The van der Waals surface area contributed by atoms with Gasteiger partial charge >= 0.3 is 5.97 Å². The second-order valence-electron chi connectivity index (χ2n) is 12.5. The van der Waals surface area contributed by atoms with Crippen molar-refractivity contribution >= 4 is 51.9 Å². The molecule has 0 atom stereocenters. The summed E-state index contributed by atoms with van der Waals surface area (Å²) in [5.74, 6) is -0.170. The van der Waals surface area contributed by atoms with E-state index in [4.69, 9.17) is 19.0 Å². The summed E-state index contributed by atoms with van der Waals surface area (Å²) in [7, 11) is 3.01. The van der Waals surface area contributed by atoms with Crippen molar-refractivity contribution in [3.8, 4) is 17.2 Å². The maximum atomic E-state index is 12.2. The van der Waals surface area contributed by atoms with E-state index < -0.39 is 22.7 Å². The zero-order valence-corrected chi connectivity index (χ0v) is 29.0. The molecule has 3 aliphatic heterocycles. The molecule has 0 unspecified atom stereocenters. The van der Waals surface area contributed by atoms with Crippen LogP contribution in [0.15, 0.2) is 62.9 Å². The maximum absolute atomic E-state index is 12.2. The zero-order valence-electron chi connectivity index (χ0n) is 29.0. The molecule has 16 nitrogen and oxygen atoms in total. The minimum atomic E-state index is -0.612. The number of benzene rings is 3. The highest BCUT2D eigenvalue weighted by molar-refractivity contribution is 6.01. The summed E-state index contributed by atoms with van der Waals surface area (Å²) in [5, 5.41) is 29.3. The molecule has 1 saturated heterocycles. The lowest BCUT2D eigenvalue weighted by atomic mass is 9.90. The van der Waals surface area contributed by atoms with Gasteiger partial charge in [-0.25, -0.2) is 4.79 Å². The highest BCUT2D eigenvalue weighted by Crippen LogP contribution is 2.47. The fourth-order valence-electron chi connectivity index (χ4n) is 6.46. The Morgan fingerprint density at radius 3 is 2.10 bits per heavy atom. The van der Waals surface area contributed by atoms with Crippen LogP contribution in [-0.4, -0.2) is 61.7 Å². The van der Waals surface area contributed by atoms with Crippen molar-refractivity contribution in [1.29, 1.82) is 0 Å². The summed E-state index contributed by atoms with van der Waals surface area (Å²) in [6.07, 6.45) is 5.86. The van der Waals surface area contributed by atoms with Gasteiger partial charge in [0.15, 0.2) is 5.75 Å². The van der Waals surface area contributed by atoms with Crippen LogP contribution in [0.2, 0.25) is 0 Å². The molecule has 0 aromatic heterocycles. The normalized spacial score (nSPS) is 15.3. The Balaban J connectivity index is 1.18. The van der Waals surface area contributed by atoms with Crippen molar-refractivity contribution in [3.63, 3.8) is 0 Å². The summed E-state index contributed by atoms with van der Waals surface area (Å²) in [5.41, 5.74) is 5.30. The predicted molar refractivity (Wildman–Crippen MR) is 187 cm³/mol. The molecule has 0 spiro atoms. The Bertz CT molecular complexity index is 1890. The molecule has 1 fully saturated rings. The minimum Gasteiger partial charge on any atom is -0.494 e. The first-order valence-electron chi connectivity index (χ1n) is 17.2. The van der Waals surface area contributed by atoms with Crippen molar-refractivity contribution in [3.05, 3.63) is 63.7 Å². The molecule has 0 N–H and O–H groups in total. The number of hydroxylamine groups is 2. The van der Waals surface area contributed by atoms with Crippen LogP contribution in [0.1, 0.15) is 62.5 Å². The van der Waals surface area contributed by atoms with Crippen LogP contribution >= 0.6 is 0 Å². The van der Waals surface area contributed by atoms with Crippen LogP contribution in [0, 0.1) is 10.1 Å². The summed E-state index contributed by atoms with van der Waals surface area (Å²) < 4.78 is 17.7.